The van der Waals surface area contributed by atoms with Crippen molar-refractivity contribution in [1.82, 2.24) is 19.5 Å². The van der Waals surface area contributed by atoms with E-state index in [-0.39, 0.29) is 5.52 Å². The van der Waals surface area contributed by atoms with Gasteiger partial charge in [-0.2, -0.15) is 13.2 Å². The van der Waals surface area contributed by atoms with Gasteiger partial charge in [-0.3, -0.25) is 0 Å². The van der Waals surface area contributed by atoms with E-state index in [4.69, 9.17) is 11.6 Å². The predicted octanol–water partition coefficient (Wildman–Crippen LogP) is 4.87. The third-order valence-corrected chi connectivity index (χ3v) is 4.16. The Morgan fingerprint density at radius 3 is 2.80 bits per heavy atom. The molecule has 0 spiro atoms. The number of anilines is 2. The van der Waals surface area contributed by atoms with Crippen LogP contribution in [0.2, 0.25) is 5.02 Å². The van der Waals surface area contributed by atoms with Gasteiger partial charge in [-0.15, -0.1) is 0 Å². The summed E-state index contributed by atoms with van der Waals surface area (Å²) in [6, 6.07) is 5.23. The molecule has 0 fully saturated rings. The van der Waals surface area contributed by atoms with Gasteiger partial charge in [0.15, 0.2) is 0 Å². The summed E-state index contributed by atoms with van der Waals surface area (Å²) in [6.45, 7) is 0. The Morgan fingerprint density at radius 2 is 2.04 bits per heavy atom. The minimum absolute atomic E-state index is 0.260. The summed E-state index contributed by atoms with van der Waals surface area (Å²) in [5.74, 6) is 0.412. The lowest BCUT2D eigenvalue weighted by atomic mass is 10.2. The van der Waals surface area contributed by atoms with Crippen molar-refractivity contribution < 1.29 is 13.2 Å². The molecule has 0 saturated carbocycles. The quantitative estimate of drug-likeness (QED) is 0.533. The number of H-pyrrole nitrogens is 1. The fourth-order valence-electron chi connectivity index (χ4n) is 2.69. The van der Waals surface area contributed by atoms with Crippen LogP contribution < -0.4 is 5.32 Å². The van der Waals surface area contributed by atoms with Crippen molar-refractivity contribution in [1.29, 1.82) is 0 Å². The molecule has 0 aliphatic carbocycles. The van der Waals surface area contributed by atoms with Crippen molar-refractivity contribution in [3.8, 4) is 0 Å². The van der Waals surface area contributed by atoms with E-state index in [0.29, 0.717) is 27.8 Å². The molecule has 0 amide bonds. The van der Waals surface area contributed by atoms with Crippen molar-refractivity contribution >= 4 is 45.3 Å². The van der Waals surface area contributed by atoms with E-state index in [1.165, 1.54) is 12.3 Å². The van der Waals surface area contributed by atoms with Gasteiger partial charge in [0.1, 0.15) is 5.65 Å². The fourth-order valence-corrected chi connectivity index (χ4v) is 2.85. The first-order valence-electron chi connectivity index (χ1n) is 7.26. The van der Waals surface area contributed by atoms with Crippen LogP contribution in [0.5, 0.6) is 0 Å². The van der Waals surface area contributed by atoms with Crippen LogP contribution in [0.4, 0.5) is 24.8 Å². The topological polar surface area (TPSA) is 58.5 Å². The van der Waals surface area contributed by atoms with E-state index in [0.717, 1.165) is 17.5 Å². The minimum atomic E-state index is -4.40. The van der Waals surface area contributed by atoms with Crippen molar-refractivity contribution in [3.05, 3.63) is 47.2 Å². The first-order valence-corrected chi connectivity index (χ1v) is 7.64. The standard InChI is InChI=1S/C16H11ClF3N5/c1-25-13-3-2-8(16(18,19)20)4-11(13)23-15(25)24-12-7-22-14-10(12)5-9(17)6-21-14/h2-7H,1H3,(H,21,22)(H,23,24). The maximum absolute atomic E-state index is 12.9. The molecule has 0 radical (unpaired) electrons. The van der Waals surface area contributed by atoms with E-state index in [2.05, 4.69) is 20.3 Å². The largest absolute Gasteiger partial charge is 0.416 e. The smallest absolute Gasteiger partial charge is 0.344 e. The number of fused-ring (bicyclic) bond motifs is 2. The molecule has 0 bridgehead atoms. The number of rotatable bonds is 2. The average Bonchev–Trinajstić information content (AvgIpc) is 3.08. The van der Waals surface area contributed by atoms with Crippen molar-refractivity contribution in [3.63, 3.8) is 0 Å². The van der Waals surface area contributed by atoms with Crippen molar-refractivity contribution in [2.75, 3.05) is 5.32 Å². The number of aromatic amines is 1. The van der Waals surface area contributed by atoms with E-state index < -0.39 is 11.7 Å². The van der Waals surface area contributed by atoms with Crippen LogP contribution in [0.25, 0.3) is 22.1 Å². The number of pyridine rings is 1. The molecule has 9 heteroatoms. The zero-order valence-electron chi connectivity index (χ0n) is 12.8. The number of hydrogen-bond acceptors (Lipinski definition) is 3. The second-order valence-electron chi connectivity index (χ2n) is 5.57. The average molecular weight is 366 g/mol. The molecule has 4 rings (SSSR count). The summed E-state index contributed by atoms with van der Waals surface area (Å²) < 4.78 is 40.3. The monoisotopic (exact) mass is 365 g/mol. The highest BCUT2D eigenvalue weighted by atomic mass is 35.5. The van der Waals surface area contributed by atoms with Gasteiger partial charge < -0.3 is 14.9 Å². The van der Waals surface area contributed by atoms with Gasteiger partial charge in [0.05, 0.1) is 27.3 Å². The normalized spacial score (nSPS) is 12.2. The SMILES string of the molecule is Cn1c(Nc2c[nH]c3ncc(Cl)cc23)nc2cc(C(F)(F)F)ccc21. The molecule has 3 aromatic heterocycles. The summed E-state index contributed by atoms with van der Waals surface area (Å²) in [7, 11) is 1.73. The Hall–Kier alpha value is -2.74. The maximum Gasteiger partial charge on any atom is 0.416 e. The lowest BCUT2D eigenvalue weighted by Gasteiger charge is -2.06. The van der Waals surface area contributed by atoms with Crippen LogP contribution in [0.15, 0.2) is 36.7 Å². The number of imidazole rings is 1. The van der Waals surface area contributed by atoms with Crippen LogP contribution in [0, 0.1) is 0 Å². The third kappa shape index (κ3) is 2.68. The van der Waals surface area contributed by atoms with E-state index >= 15 is 0 Å². The maximum atomic E-state index is 12.9. The third-order valence-electron chi connectivity index (χ3n) is 3.95. The summed E-state index contributed by atoms with van der Waals surface area (Å²) >= 11 is 5.97. The lowest BCUT2D eigenvalue weighted by Crippen LogP contribution is -2.04. The van der Waals surface area contributed by atoms with Gasteiger partial charge in [0, 0.05) is 24.8 Å². The molecule has 0 aliphatic heterocycles. The van der Waals surface area contributed by atoms with Crippen LogP contribution in [-0.2, 0) is 13.2 Å². The van der Waals surface area contributed by atoms with Gasteiger partial charge in [0.25, 0.3) is 0 Å². The Morgan fingerprint density at radius 1 is 1.24 bits per heavy atom. The van der Waals surface area contributed by atoms with Crippen molar-refractivity contribution in [2.24, 2.45) is 7.05 Å². The summed E-state index contributed by atoms with van der Waals surface area (Å²) in [6.07, 6.45) is -1.18. The number of halogens is 4. The molecule has 5 nitrogen and oxygen atoms in total. The summed E-state index contributed by atoms with van der Waals surface area (Å²) in [5, 5.41) is 4.35. The van der Waals surface area contributed by atoms with E-state index in [1.54, 1.807) is 23.9 Å². The highest BCUT2D eigenvalue weighted by Crippen LogP contribution is 2.33. The van der Waals surface area contributed by atoms with Crippen LogP contribution >= 0.6 is 11.6 Å². The molecular weight excluding hydrogens is 355 g/mol. The van der Waals surface area contributed by atoms with Crippen LogP contribution in [-0.4, -0.2) is 19.5 Å². The highest BCUT2D eigenvalue weighted by Gasteiger charge is 2.31. The second kappa shape index (κ2) is 5.38. The molecule has 3 heterocycles. The van der Waals surface area contributed by atoms with Crippen LogP contribution in [0.3, 0.4) is 0 Å². The Bertz CT molecular complexity index is 1100. The molecule has 0 saturated heterocycles. The molecule has 4 aromatic rings. The molecule has 1 aromatic carbocycles. The number of alkyl halides is 3. The Balaban J connectivity index is 1.78. The fraction of sp³-hybridized carbons (Fsp3) is 0.125. The van der Waals surface area contributed by atoms with Crippen LogP contribution in [0.1, 0.15) is 5.56 Å². The first kappa shape index (κ1) is 15.8. The number of benzene rings is 1. The molecule has 0 aliphatic rings. The molecule has 128 valence electrons. The van der Waals surface area contributed by atoms with E-state index in [9.17, 15) is 13.2 Å². The van der Waals surface area contributed by atoms with Crippen molar-refractivity contribution in [2.45, 2.75) is 6.18 Å². The number of nitrogens with one attached hydrogen (secondary N) is 2. The molecule has 0 atom stereocenters. The highest BCUT2D eigenvalue weighted by molar-refractivity contribution is 6.31. The molecule has 0 unspecified atom stereocenters. The molecular formula is C16H11ClF3N5. The Kier molecular flexibility index (Phi) is 3.40. The first-order chi connectivity index (χ1) is 11.8. The van der Waals surface area contributed by atoms with Gasteiger partial charge in [-0.25, -0.2) is 9.97 Å². The predicted molar refractivity (Wildman–Crippen MR) is 90.1 cm³/mol. The van der Waals surface area contributed by atoms with Gasteiger partial charge >= 0.3 is 6.18 Å². The zero-order valence-corrected chi connectivity index (χ0v) is 13.6. The summed E-state index contributed by atoms with van der Waals surface area (Å²) in [5.41, 5.74) is 1.44. The summed E-state index contributed by atoms with van der Waals surface area (Å²) in [4.78, 5) is 11.4. The van der Waals surface area contributed by atoms with Gasteiger partial charge in [-0.1, -0.05) is 11.6 Å². The minimum Gasteiger partial charge on any atom is -0.344 e. The zero-order chi connectivity index (χ0) is 17.8. The molecule has 2 N–H and O–H groups in total. The number of nitrogens with zero attached hydrogens (tertiary/aromatic N) is 3. The van der Waals surface area contributed by atoms with E-state index in [1.807, 2.05) is 0 Å². The lowest BCUT2D eigenvalue weighted by molar-refractivity contribution is -0.137. The van der Waals surface area contributed by atoms with Gasteiger partial charge in [0.2, 0.25) is 5.95 Å². The second-order valence-corrected chi connectivity index (χ2v) is 6.01. The number of hydrogen-bond donors (Lipinski definition) is 2. The Labute approximate surface area is 144 Å². The van der Waals surface area contributed by atoms with Gasteiger partial charge in [-0.05, 0) is 24.3 Å². The number of aromatic nitrogens is 4. The molecule has 25 heavy (non-hydrogen) atoms. The number of aryl methyl sites for hydroxylation is 1.